The Kier molecular flexibility index (Phi) is 4.52. The predicted molar refractivity (Wildman–Crippen MR) is 77.6 cm³/mol. The lowest BCUT2D eigenvalue weighted by molar-refractivity contribution is -0.142. The zero-order valence-electron chi connectivity index (χ0n) is 11.0. The Labute approximate surface area is 119 Å². The van der Waals surface area contributed by atoms with Crippen LogP contribution in [-0.2, 0) is 9.53 Å². The number of nitrogen functional groups attached to an aromatic ring is 1. The maximum Gasteiger partial charge on any atom is 0.307 e. The first-order chi connectivity index (χ1) is 9.60. The standard InChI is InChI=1S/C13H15N3O3S/c1-2-19-11(17)5-6-15-12(18)8-3-4-9-10(7-8)20-13(14)16-9/h3-4,7H,2,5-6H2,1H3,(H2,14,16)(H,15,18). The summed E-state index contributed by atoms with van der Waals surface area (Å²) in [5.74, 6) is -0.554. The number of anilines is 1. The van der Waals surface area contributed by atoms with Gasteiger partial charge in [0.1, 0.15) is 0 Å². The highest BCUT2D eigenvalue weighted by atomic mass is 32.1. The molecule has 0 aliphatic rings. The third-order valence-electron chi connectivity index (χ3n) is 2.59. The predicted octanol–water partition coefficient (Wildman–Crippen LogP) is 1.56. The van der Waals surface area contributed by atoms with Gasteiger partial charge in [0.25, 0.3) is 5.91 Å². The van der Waals surface area contributed by atoms with Crippen molar-refractivity contribution in [1.29, 1.82) is 0 Å². The number of carbonyl (C=O) groups excluding carboxylic acids is 2. The van der Waals surface area contributed by atoms with Gasteiger partial charge in [-0.05, 0) is 25.1 Å². The molecule has 0 aliphatic heterocycles. The van der Waals surface area contributed by atoms with Crippen molar-refractivity contribution < 1.29 is 14.3 Å². The monoisotopic (exact) mass is 293 g/mol. The van der Waals surface area contributed by atoms with Crippen molar-refractivity contribution in [1.82, 2.24) is 10.3 Å². The van der Waals surface area contributed by atoms with Crippen LogP contribution < -0.4 is 11.1 Å². The Morgan fingerprint density at radius 3 is 3.00 bits per heavy atom. The number of ether oxygens (including phenoxy) is 1. The molecule has 0 bridgehead atoms. The lowest BCUT2D eigenvalue weighted by Gasteiger charge is -2.05. The van der Waals surface area contributed by atoms with E-state index in [0.717, 1.165) is 10.2 Å². The molecule has 0 radical (unpaired) electrons. The average Bonchev–Trinajstić information content (AvgIpc) is 2.77. The first-order valence-electron chi connectivity index (χ1n) is 6.20. The van der Waals surface area contributed by atoms with Gasteiger partial charge >= 0.3 is 5.97 Å². The maximum atomic E-state index is 11.9. The van der Waals surface area contributed by atoms with E-state index in [1.165, 1.54) is 11.3 Å². The number of nitrogens with one attached hydrogen (secondary N) is 1. The van der Waals surface area contributed by atoms with Crippen LogP contribution in [-0.4, -0.2) is 30.0 Å². The number of carbonyl (C=O) groups is 2. The number of rotatable bonds is 5. The molecule has 0 aliphatic carbocycles. The number of benzene rings is 1. The van der Waals surface area contributed by atoms with Crippen molar-refractivity contribution in [3.8, 4) is 0 Å². The maximum absolute atomic E-state index is 11.9. The van der Waals surface area contributed by atoms with E-state index in [2.05, 4.69) is 10.3 Å². The van der Waals surface area contributed by atoms with Crippen LogP contribution in [0.1, 0.15) is 23.7 Å². The minimum atomic E-state index is -0.321. The van der Waals surface area contributed by atoms with Gasteiger partial charge in [-0.3, -0.25) is 9.59 Å². The second-order valence-electron chi connectivity index (χ2n) is 4.05. The van der Waals surface area contributed by atoms with Gasteiger partial charge in [-0.25, -0.2) is 4.98 Å². The number of fused-ring (bicyclic) bond motifs is 1. The average molecular weight is 293 g/mol. The Bertz CT molecular complexity index is 639. The summed E-state index contributed by atoms with van der Waals surface area (Å²) in [5.41, 5.74) is 6.91. The van der Waals surface area contributed by atoms with Gasteiger partial charge in [-0.15, -0.1) is 0 Å². The molecule has 7 heteroatoms. The van der Waals surface area contributed by atoms with E-state index in [-0.39, 0.29) is 24.8 Å². The van der Waals surface area contributed by atoms with Crippen molar-refractivity contribution in [3.05, 3.63) is 23.8 Å². The molecule has 1 amide bonds. The fourth-order valence-electron chi connectivity index (χ4n) is 1.70. The molecule has 0 unspecified atom stereocenters. The van der Waals surface area contributed by atoms with Crippen molar-refractivity contribution in [3.63, 3.8) is 0 Å². The summed E-state index contributed by atoms with van der Waals surface area (Å²) in [5, 5.41) is 3.15. The molecule has 2 aromatic rings. The largest absolute Gasteiger partial charge is 0.466 e. The zero-order valence-corrected chi connectivity index (χ0v) is 11.8. The van der Waals surface area contributed by atoms with Gasteiger partial charge in [0.05, 0.1) is 23.2 Å². The molecule has 1 aromatic carbocycles. The van der Waals surface area contributed by atoms with E-state index in [1.54, 1.807) is 25.1 Å². The Balaban J connectivity index is 1.95. The van der Waals surface area contributed by atoms with Gasteiger partial charge in [-0.2, -0.15) is 0 Å². The Morgan fingerprint density at radius 2 is 2.25 bits per heavy atom. The molecule has 0 saturated heterocycles. The second-order valence-corrected chi connectivity index (χ2v) is 5.11. The second kappa shape index (κ2) is 6.33. The fraction of sp³-hybridized carbons (Fsp3) is 0.308. The molecule has 0 spiro atoms. The lowest BCUT2D eigenvalue weighted by atomic mass is 10.2. The smallest absolute Gasteiger partial charge is 0.307 e. The lowest BCUT2D eigenvalue weighted by Crippen LogP contribution is -2.26. The molecule has 20 heavy (non-hydrogen) atoms. The number of esters is 1. The van der Waals surface area contributed by atoms with E-state index in [4.69, 9.17) is 10.5 Å². The minimum absolute atomic E-state index is 0.162. The number of hydrogen-bond acceptors (Lipinski definition) is 6. The van der Waals surface area contributed by atoms with E-state index in [0.29, 0.717) is 17.3 Å². The highest BCUT2D eigenvalue weighted by Gasteiger charge is 2.09. The van der Waals surface area contributed by atoms with Crippen LogP contribution in [0.3, 0.4) is 0 Å². The van der Waals surface area contributed by atoms with E-state index >= 15 is 0 Å². The van der Waals surface area contributed by atoms with Crippen molar-refractivity contribution in [2.24, 2.45) is 0 Å². The molecule has 1 heterocycles. The SMILES string of the molecule is CCOC(=O)CCNC(=O)c1ccc2nc(N)sc2c1. The summed E-state index contributed by atoms with van der Waals surface area (Å²) in [6.45, 7) is 2.34. The Hall–Kier alpha value is -2.15. The van der Waals surface area contributed by atoms with Crippen LogP contribution in [0.15, 0.2) is 18.2 Å². The summed E-state index contributed by atoms with van der Waals surface area (Å²) in [6.07, 6.45) is 0.162. The fourth-order valence-corrected chi connectivity index (χ4v) is 2.47. The van der Waals surface area contributed by atoms with Crippen LogP contribution in [0.2, 0.25) is 0 Å². The van der Waals surface area contributed by atoms with Gasteiger partial charge < -0.3 is 15.8 Å². The van der Waals surface area contributed by atoms with Crippen molar-refractivity contribution in [2.45, 2.75) is 13.3 Å². The molecule has 1 aromatic heterocycles. The number of hydrogen-bond donors (Lipinski definition) is 2. The normalized spacial score (nSPS) is 10.4. The number of nitrogens with two attached hydrogens (primary N) is 1. The quantitative estimate of drug-likeness (QED) is 0.816. The zero-order chi connectivity index (χ0) is 14.5. The van der Waals surface area contributed by atoms with E-state index < -0.39 is 0 Å². The van der Waals surface area contributed by atoms with Crippen molar-refractivity contribution >= 4 is 38.6 Å². The van der Waals surface area contributed by atoms with Crippen LogP contribution in [0.4, 0.5) is 5.13 Å². The number of amides is 1. The first kappa shape index (κ1) is 14.3. The molecule has 6 nitrogen and oxygen atoms in total. The highest BCUT2D eigenvalue weighted by molar-refractivity contribution is 7.22. The summed E-state index contributed by atoms with van der Waals surface area (Å²) < 4.78 is 5.64. The molecular formula is C13H15N3O3S. The molecule has 2 rings (SSSR count). The van der Waals surface area contributed by atoms with Gasteiger partial charge in [0.2, 0.25) is 0 Å². The van der Waals surface area contributed by atoms with Crippen LogP contribution in [0, 0.1) is 0 Å². The molecule has 106 valence electrons. The topological polar surface area (TPSA) is 94.3 Å². The van der Waals surface area contributed by atoms with E-state index in [1.807, 2.05) is 0 Å². The van der Waals surface area contributed by atoms with Crippen LogP contribution in [0.5, 0.6) is 0 Å². The van der Waals surface area contributed by atoms with Gasteiger partial charge in [0, 0.05) is 12.1 Å². The summed E-state index contributed by atoms with van der Waals surface area (Å²) in [6, 6.07) is 5.17. The van der Waals surface area contributed by atoms with Crippen LogP contribution in [0.25, 0.3) is 10.2 Å². The molecular weight excluding hydrogens is 278 g/mol. The van der Waals surface area contributed by atoms with Gasteiger partial charge in [0.15, 0.2) is 5.13 Å². The summed E-state index contributed by atoms with van der Waals surface area (Å²) >= 11 is 1.33. The van der Waals surface area contributed by atoms with Gasteiger partial charge in [-0.1, -0.05) is 11.3 Å². The summed E-state index contributed by atoms with van der Waals surface area (Å²) in [7, 11) is 0. The van der Waals surface area contributed by atoms with Crippen molar-refractivity contribution in [2.75, 3.05) is 18.9 Å². The molecule has 0 fully saturated rings. The summed E-state index contributed by atoms with van der Waals surface area (Å²) in [4.78, 5) is 27.2. The minimum Gasteiger partial charge on any atom is -0.466 e. The Morgan fingerprint density at radius 1 is 1.45 bits per heavy atom. The van der Waals surface area contributed by atoms with E-state index in [9.17, 15) is 9.59 Å². The third kappa shape index (κ3) is 3.45. The molecule has 0 saturated carbocycles. The van der Waals surface area contributed by atoms with Crippen LogP contribution >= 0.6 is 11.3 Å². The third-order valence-corrected chi connectivity index (χ3v) is 3.43. The number of nitrogens with zero attached hydrogens (tertiary/aromatic N) is 1. The first-order valence-corrected chi connectivity index (χ1v) is 7.01. The number of thiazole rings is 1. The molecule has 3 N–H and O–H groups in total. The molecule has 0 atom stereocenters. The number of aromatic nitrogens is 1. The highest BCUT2D eigenvalue weighted by Crippen LogP contribution is 2.24.